The standard InChI is InChI=1S/C22H27NO3/c1-25-20-12-10-19(11-13-20)21(22(24)23-14-16-26-17-15-23)9-5-8-18-6-3-2-4-7-18/h2-4,6-7,10-13,21H,5,8-9,14-17H2,1H3/t21-/m0/s1. The van der Waals surface area contributed by atoms with Gasteiger partial charge in [0.25, 0.3) is 0 Å². The van der Waals surface area contributed by atoms with Gasteiger partial charge in [-0.15, -0.1) is 0 Å². The first-order valence-electron chi connectivity index (χ1n) is 9.32. The van der Waals surface area contributed by atoms with E-state index in [0.717, 1.165) is 30.6 Å². The number of hydrogen-bond donors (Lipinski definition) is 0. The van der Waals surface area contributed by atoms with Gasteiger partial charge in [-0.2, -0.15) is 0 Å². The second kappa shape index (κ2) is 9.39. The van der Waals surface area contributed by atoms with Crippen molar-refractivity contribution in [3.05, 3.63) is 65.7 Å². The predicted molar refractivity (Wildman–Crippen MR) is 103 cm³/mol. The number of methoxy groups -OCH3 is 1. The van der Waals surface area contributed by atoms with Gasteiger partial charge >= 0.3 is 0 Å². The summed E-state index contributed by atoms with van der Waals surface area (Å²) in [7, 11) is 1.66. The molecule has 0 saturated carbocycles. The van der Waals surface area contributed by atoms with Gasteiger partial charge in [-0.3, -0.25) is 4.79 Å². The van der Waals surface area contributed by atoms with Crippen LogP contribution < -0.4 is 4.74 Å². The van der Waals surface area contributed by atoms with E-state index < -0.39 is 0 Å². The van der Waals surface area contributed by atoms with E-state index in [1.54, 1.807) is 7.11 Å². The minimum Gasteiger partial charge on any atom is -0.497 e. The molecule has 0 N–H and O–H groups in total. The number of amides is 1. The fourth-order valence-corrected chi connectivity index (χ4v) is 3.43. The fourth-order valence-electron chi connectivity index (χ4n) is 3.43. The maximum Gasteiger partial charge on any atom is 0.230 e. The summed E-state index contributed by atoms with van der Waals surface area (Å²) in [5.74, 6) is 0.921. The van der Waals surface area contributed by atoms with Gasteiger partial charge in [0.15, 0.2) is 0 Å². The van der Waals surface area contributed by atoms with Crippen LogP contribution in [0.15, 0.2) is 54.6 Å². The number of nitrogens with zero attached hydrogens (tertiary/aromatic N) is 1. The Bertz CT molecular complexity index is 678. The van der Waals surface area contributed by atoms with E-state index in [1.807, 2.05) is 35.2 Å². The molecule has 3 rings (SSSR count). The van der Waals surface area contributed by atoms with Crippen LogP contribution in [0.4, 0.5) is 0 Å². The molecule has 2 aromatic rings. The molecule has 2 aromatic carbocycles. The molecule has 4 nitrogen and oxygen atoms in total. The van der Waals surface area contributed by atoms with Crippen LogP contribution >= 0.6 is 0 Å². The number of ether oxygens (including phenoxy) is 2. The van der Waals surface area contributed by atoms with Gasteiger partial charge in [0.2, 0.25) is 5.91 Å². The van der Waals surface area contributed by atoms with Crippen molar-refractivity contribution >= 4 is 5.91 Å². The topological polar surface area (TPSA) is 38.8 Å². The molecular formula is C22H27NO3. The van der Waals surface area contributed by atoms with E-state index in [0.29, 0.717) is 26.3 Å². The van der Waals surface area contributed by atoms with Crippen molar-refractivity contribution in [2.75, 3.05) is 33.4 Å². The first-order chi connectivity index (χ1) is 12.8. The Kier molecular flexibility index (Phi) is 6.67. The summed E-state index contributed by atoms with van der Waals surface area (Å²) in [4.78, 5) is 15.1. The van der Waals surface area contributed by atoms with Crippen LogP contribution in [-0.4, -0.2) is 44.2 Å². The van der Waals surface area contributed by atoms with Crippen molar-refractivity contribution in [2.45, 2.75) is 25.2 Å². The lowest BCUT2D eigenvalue weighted by Crippen LogP contribution is -2.43. The molecule has 1 amide bonds. The van der Waals surface area contributed by atoms with E-state index in [4.69, 9.17) is 9.47 Å². The van der Waals surface area contributed by atoms with Crippen molar-refractivity contribution in [3.63, 3.8) is 0 Å². The average Bonchev–Trinajstić information content (AvgIpc) is 2.72. The fraction of sp³-hybridized carbons (Fsp3) is 0.409. The normalized spacial score (nSPS) is 15.5. The largest absolute Gasteiger partial charge is 0.497 e. The van der Waals surface area contributed by atoms with Crippen LogP contribution in [0.25, 0.3) is 0 Å². The van der Waals surface area contributed by atoms with Gasteiger partial charge in [0.05, 0.1) is 26.2 Å². The monoisotopic (exact) mass is 353 g/mol. The van der Waals surface area contributed by atoms with E-state index in [-0.39, 0.29) is 11.8 Å². The second-order valence-electron chi connectivity index (χ2n) is 6.64. The zero-order chi connectivity index (χ0) is 18.2. The SMILES string of the molecule is COc1ccc([C@H](CCCc2ccccc2)C(=O)N2CCOCC2)cc1. The maximum atomic E-state index is 13.1. The van der Waals surface area contributed by atoms with E-state index >= 15 is 0 Å². The highest BCUT2D eigenvalue weighted by molar-refractivity contribution is 5.83. The minimum absolute atomic E-state index is 0.109. The highest BCUT2D eigenvalue weighted by Gasteiger charge is 2.26. The molecule has 1 saturated heterocycles. The molecule has 0 aromatic heterocycles. The Balaban J connectivity index is 1.70. The molecule has 1 fully saturated rings. The summed E-state index contributed by atoms with van der Waals surface area (Å²) in [6.45, 7) is 2.63. The molecule has 1 aliphatic rings. The Morgan fingerprint density at radius 2 is 1.77 bits per heavy atom. The van der Waals surface area contributed by atoms with Gasteiger partial charge in [0, 0.05) is 13.1 Å². The molecule has 1 atom stereocenters. The number of aryl methyl sites for hydroxylation is 1. The smallest absolute Gasteiger partial charge is 0.230 e. The van der Waals surface area contributed by atoms with Crippen LogP contribution in [0, 0.1) is 0 Å². The summed E-state index contributed by atoms with van der Waals surface area (Å²) in [5, 5.41) is 0. The molecule has 26 heavy (non-hydrogen) atoms. The molecule has 0 radical (unpaired) electrons. The Morgan fingerprint density at radius 1 is 1.08 bits per heavy atom. The summed E-state index contributed by atoms with van der Waals surface area (Å²) in [6, 6.07) is 18.4. The van der Waals surface area contributed by atoms with Crippen molar-refractivity contribution in [1.82, 2.24) is 4.90 Å². The lowest BCUT2D eigenvalue weighted by atomic mass is 9.91. The van der Waals surface area contributed by atoms with Gasteiger partial charge in [-0.25, -0.2) is 0 Å². The van der Waals surface area contributed by atoms with Gasteiger partial charge < -0.3 is 14.4 Å². The van der Waals surface area contributed by atoms with Crippen molar-refractivity contribution in [1.29, 1.82) is 0 Å². The third kappa shape index (κ3) is 4.85. The highest BCUT2D eigenvalue weighted by atomic mass is 16.5. The molecule has 4 heteroatoms. The molecule has 138 valence electrons. The molecule has 0 spiro atoms. The van der Waals surface area contributed by atoms with E-state index in [1.165, 1.54) is 5.56 Å². The van der Waals surface area contributed by atoms with Crippen LogP contribution in [0.3, 0.4) is 0 Å². The lowest BCUT2D eigenvalue weighted by molar-refractivity contribution is -0.137. The predicted octanol–water partition coefficient (Wildman–Crippen LogP) is 3.66. The van der Waals surface area contributed by atoms with Crippen LogP contribution in [0.2, 0.25) is 0 Å². The van der Waals surface area contributed by atoms with Crippen molar-refractivity contribution in [2.24, 2.45) is 0 Å². The molecule has 0 unspecified atom stereocenters. The zero-order valence-electron chi connectivity index (χ0n) is 15.4. The molecule has 1 heterocycles. The first-order valence-corrected chi connectivity index (χ1v) is 9.32. The Hall–Kier alpha value is -2.33. The second-order valence-corrected chi connectivity index (χ2v) is 6.64. The van der Waals surface area contributed by atoms with Crippen LogP contribution in [-0.2, 0) is 16.0 Å². The third-order valence-electron chi connectivity index (χ3n) is 4.94. The maximum absolute atomic E-state index is 13.1. The average molecular weight is 353 g/mol. The summed E-state index contributed by atoms with van der Waals surface area (Å²) in [6.07, 6.45) is 2.82. The third-order valence-corrected chi connectivity index (χ3v) is 4.94. The number of morpholine rings is 1. The van der Waals surface area contributed by atoms with Crippen LogP contribution in [0.1, 0.15) is 29.9 Å². The molecular weight excluding hydrogens is 326 g/mol. The van der Waals surface area contributed by atoms with E-state index in [2.05, 4.69) is 24.3 Å². The quantitative estimate of drug-likeness (QED) is 0.762. The number of carbonyl (C=O) groups excluding carboxylic acids is 1. The van der Waals surface area contributed by atoms with Gasteiger partial charge in [0.1, 0.15) is 5.75 Å². The molecule has 0 bridgehead atoms. The van der Waals surface area contributed by atoms with Gasteiger partial charge in [-0.1, -0.05) is 42.5 Å². The van der Waals surface area contributed by atoms with Gasteiger partial charge in [-0.05, 0) is 42.5 Å². The number of hydrogen-bond acceptors (Lipinski definition) is 3. The van der Waals surface area contributed by atoms with Crippen molar-refractivity contribution in [3.8, 4) is 5.75 Å². The summed E-state index contributed by atoms with van der Waals surface area (Å²) in [5.41, 5.74) is 2.38. The first kappa shape index (κ1) is 18.5. The Morgan fingerprint density at radius 3 is 2.42 bits per heavy atom. The van der Waals surface area contributed by atoms with Crippen molar-refractivity contribution < 1.29 is 14.3 Å². The summed E-state index contributed by atoms with van der Waals surface area (Å²) < 4.78 is 10.6. The zero-order valence-corrected chi connectivity index (χ0v) is 15.4. The minimum atomic E-state index is -0.109. The molecule has 1 aliphatic heterocycles. The number of rotatable bonds is 7. The Labute approximate surface area is 155 Å². The van der Waals surface area contributed by atoms with E-state index in [9.17, 15) is 4.79 Å². The molecule has 0 aliphatic carbocycles. The number of benzene rings is 2. The number of carbonyl (C=O) groups is 1. The highest BCUT2D eigenvalue weighted by Crippen LogP contribution is 2.27. The summed E-state index contributed by atoms with van der Waals surface area (Å²) >= 11 is 0. The van der Waals surface area contributed by atoms with Crippen LogP contribution in [0.5, 0.6) is 5.75 Å². The lowest BCUT2D eigenvalue weighted by Gasteiger charge is -2.30.